The molecule has 1 aliphatic carbocycles. The average Bonchev–Trinajstić information content (AvgIpc) is 1.92. The molecule has 0 aromatic carbocycles. The van der Waals surface area contributed by atoms with E-state index in [1.165, 1.54) is 19.4 Å². The Morgan fingerprint density at radius 3 is 2.22 bits per heavy atom. The summed E-state index contributed by atoms with van der Waals surface area (Å²) in [6.45, 7) is 1.22. The van der Waals surface area contributed by atoms with Crippen LogP contribution in [0.1, 0.15) is 12.8 Å². The SMILES string of the molecule is C1=CC2CCC1CN2.Cl. The van der Waals surface area contributed by atoms with Gasteiger partial charge in [0.15, 0.2) is 0 Å². The van der Waals surface area contributed by atoms with Crippen molar-refractivity contribution in [3.63, 3.8) is 0 Å². The predicted molar refractivity (Wildman–Crippen MR) is 40.9 cm³/mol. The van der Waals surface area contributed by atoms with Crippen molar-refractivity contribution in [2.45, 2.75) is 18.9 Å². The lowest BCUT2D eigenvalue weighted by atomic mass is 9.88. The molecule has 2 unspecified atom stereocenters. The zero-order chi connectivity index (χ0) is 5.40. The molecule has 0 saturated carbocycles. The van der Waals surface area contributed by atoms with Crippen molar-refractivity contribution in [3.8, 4) is 0 Å². The maximum absolute atomic E-state index is 3.43. The third kappa shape index (κ3) is 1.28. The van der Waals surface area contributed by atoms with Gasteiger partial charge in [-0.05, 0) is 18.8 Å². The zero-order valence-corrected chi connectivity index (χ0v) is 6.16. The normalized spacial score (nSPS) is 38.2. The first kappa shape index (κ1) is 7.10. The second kappa shape index (κ2) is 2.72. The van der Waals surface area contributed by atoms with Crippen molar-refractivity contribution in [2.75, 3.05) is 6.54 Å². The summed E-state index contributed by atoms with van der Waals surface area (Å²) < 4.78 is 0. The zero-order valence-electron chi connectivity index (χ0n) is 5.34. The van der Waals surface area contributed by atoms with Crippen LogP contribution in [0, 0.1) is 5.92 Å². The molecule has 2 aliphatic heterocycles. The molecule has 2 atom stereocenters. The first-order chi connectivity index (χ1) is 3.95. The average molecular weight is 146 g/mol. The van der Waals surface area contributed by atoms with Crippen LogP contribution in [0.4, 0.5) is 0 Å². The Morgan fingerprint density at radius 2 is 2.11 bits per heavy atom. The second-order valence-corrected chi connectivity index (χ2v) is 2.74. The number of hydrogen-bond acceptors (Lipinski definition) is 1. The molecule has 0 spiro atoms. The first-order valence-electron chi connectivity index (χ1n) is 3.37. The van der Waals surface area contributed by atoms with Crippen LogP contribution < -0.4 is 5.32 Å². The molecule has 1 saturated heterocycles. The molecular weight excluding hydrogens is 134 g/mol. The van der Waals surface area contributed by atoms with Crippen LogP contribution in [-0.4, -0.2) is 12.6 Å². The molecule has 0 aromatic rings. The van der Waals surface area contributed by atoms with Gasteiger partial charge in [-0.2, -0.15) is 0 Å². The molecule has 0 radical (unpaired) electrons. The summed E-state index contributed by atoms with van der Waals surface area (Å²) in [5, 5.41) is 3.43. The Balaban J connectivity index is 0.000000405. The molecule has 1 fully saturated rings. The van der Waals surface area contributed by atoms with E-state index in [0.717, 1.165) is 12.0 Å². The van der Waals surface area contributed by atoms with E-state index in [9.17, 15) is 0 Å². The number of nitrogens with one attached hydrogen (secondary N) is 1. The van der Waals surface area contributed by atoms with E-state index in [0.29, 0.717) is 0 Å². The summed E-state index contributed by atoms with van der Waals surface area (Å²) in [7, 11) is 0. The van der Waals surface area contributed by atoms with Gasteiger partial charge in [-0.15, -0.1) is 12.4 Å². The topological polar surface area (TPSA) is 12.0 Å². The maximum atomic E-state index is 3.43. The summed E-state index contributed by atoms with van der Waals surface area (Å²) in [5.74, 6) is 0.861. The minimum Gasteiger partial charge on any atom is -0.310 e. The van der Waals surface area contributed by atoms with Gasteiger partial charge < -0.3 is 5.32 Å². The largest absolute Gasteiger partial charge is 0.310 e. The van der Waals surface area contributed by atoms with E-state index < -0.39 is 0 Å². The van der Waals surface area contributed by atoms with E-state index in [1.54, 1.807) is 0 Å². The third-order valence-corrected chi connectivity index (χ3v) is 2.11. The Bertz CT molecular complexity index is 100. The van der Waals surface area contributed by atoms with Crippen LogP contribution in [0.5, 0.6) is 0 Å². The smallest absolute Gasteiger partial charge is 0.0250 e. The van der Waals surface area contributed by atoms with Crippen LogP contribution >= 0.6 is 12.4 Å². The van der Waals surface area contributed by atoms with Gasteiger partial charge in [-0.3, -0.25) is 0 Å². The second-order valence-electron chi connectivity index (χ2n) is 2.74. The lowest BCUT2D eigenvalue weighted by Crippen LogP contribution is -2.40. The maximum Gasteiger partial charge on any atom is 0.0250 e. The molecular formula is C7H12ClN. The van der Waals surface area contributed by atoms with E-state index in [4.69, 9.17) is 0 Å². The van der Waals surface area contributed by atoms with Crippen molar-refractivity contribution < 1.29 is 0 Å². The summed E-state index contributed by atoms with van der Waals surface area (Å²) in [4.78, 5) is 0. The predicted octanol–water partition coefficient (Wildman–Crippen LogP) is 1.35. The number of fused-ring (bicyclic) bond motifs is 2. The standard InChI is InChI=1S/C7H11N.ClH/c1-3-7-4-2-6(1)5-8-7;/h1,3,6-8H,2,4-5H2;1H. The number of halogens is 1. The minimum atomic E-state index is 0. The van der Waals surface area contributed by atoms with Gasteiger partial charge in [0.05, 0.1) is 0 Å². The summed E-state index contributed by atoms with van der Waals surface area (Å²) in [6.07, 6.45) is 7.43. The highest BCUT2D eigenvalue weighted by Gasteiger charge is 2.20. The summed E-state index contributed by atoms with van der Waals surface area (Å²) in [5.41, 5.74) is 0. The Morgan fingerprint density at radius 1 is 1.22 bits per heavy atom. The van der Waals surface area contributed by atoms with Crippen molar-refractivity contribution in [1.29, 1.82) is 0 Å². The molecule has 2 heterocycles. The third-order valence-electron chi connectivity index (χ3n) is 2.11. The highest BCUT2D eigenvalue weighted by molar-refractivity contribution is 5.85. The minimum absolute atomic E-state index is 0. The molecule has 9 heavy (non-hydrogen) atoms. The Labute approximate surface area is 61.9 Å². The molecule has 2 heteroatoms. The molecule has 3 rings (SSSR count). The van der Waals surface area contributed by atoms with Crippen molar-refractivity contribution >= 4 is 12.4 Å². The van der Waals surface area contributed by atoms with Gasteiger partial charge in [-0.1, -0.05) is 12.2 Å². The number of hydrogen-bond donors (Lipinski definition) is 1. The first-order valence-corrected chi connectivity index (χ1v) is 3.37. The van der Waals surface area contributed by atoms with Crippen molar-refractivity contribution in [1.82, 2.24) is 5.32 Å². The Kier molecular flexibility index (Phi) is 2.14. The molecule has 0 amide bonds. The molecule has 52 valence electrons. The fraction of sp³-hybridized carbons (Fsp3) is 0.714. The van der Waals surface area contributed by atoms with Crippen LogP contribution in [0.3, 0.4) is 0 Å². The molecule has 1 N–H and O–H groups in total. The van der Waals surface area contributed by atoms with Gasteiger partial charge in [0.1, 0.15) is 0 Å². The number of piperidine rings is 1. The molecule has 0 aromatic heterocycles. The van der Waals surface area contributed by atoms with Crippen LogP contribution in [0.2, 0.25) is 0 Å². The van der Waals surface area contributed by atoms with E-state index in [2.05, 4.69) is 17.5 Å². The lowest BCUT2D eigenvalue weighted by molar-refractivity contribution is 0.363. The summed E-state index contributed by atoms with van der Waals surface area (Å²) >= 11 is 0. The van der Waals surface area contributed by atoms with Crippen molar-refractivity contribution in [3.05, 3.63) is 12.2 Å². The highest BCUT2D eigenvalue weighted by atomic mass is 35.5. The number of rotatable bonds is 0. The van der Waals surface area contributed by atoms with Crippen LogP contribution in [-0.2, 0) is 0 Å². The monoisotopic (exact) mass is 145 g/mol. The lowest BCUT2D eigenvalue weighted by Gasteiger charge is -2.31. The van der Waals surface area contributed by atoms with Crippen LogP contribution in [0.15, 0.2) is 12.2 Å². The van der Waals surface area contributed by atoms with E-state index in [1.807, 2.05) is 0 Å². The van der Waals surface area contributed by atoms with Gasteiger partial charge in [-0.25, -0.2) is 0 Å². The molecule has 1 nitrogen and oxygen atoms in total. The van der Waals surface area contributed by atoms with Crippen LogP contribution in [0.25, 0.3) is 0 Å². The van der Waals surface area contributed by atoms with Gasteiger partial charge in [0.2, 0.25) is 0 Å². The van der Waals surface area contributed by atoms with Gasteiger partial charge in [0, 0.05) is 12.6 Å². The molecule has 2 bridgehead atoms. The van der Waals surface area contributed by atoms with E-state index >= 15 is 0 Å². The fourth-order valence-electron chi connectivity index (χ4n) is 1.52. The van der Waals surface area contributed by atoms with Gasteiger partial charge in [0.25, 0.3) is 0 Å². The van der Waals surface area contributed by atoms with E-state index in [-0.39, 0.29) is 12.4 Å². The van der Waals surface area contributed by atoms with Crippen molar-refractivity contribution in [2.24, 2.45) is 5.92 Å². The molecule has 3 aliphatic rings. The highest BCUT2D eigenvalue weighted by Crippen LogP contribution is 2.21. The quantitative estimate of drug-likeness (QED) is 0.508. The summed E-state index contributed by atoms with van der Waals surface area (Å²) in [6, 6.07) is 0.722. The Hall–Kier alpha value is -0.0100. The van der Waals surface area contributed by atoms with Gasteiger partial charge >= 0.3 is 0 Å². The fourth-order valence-corrected chi connectivity index (χ4v) is 1.52.